The van der Waals surface area contributed by atoms with Gasteiger partial charge in [0.2, 0.25) is 0 Å². The van der Waals surface area contributed by atoms with Gasteiger partial charge in [0.1, 0.15) is 5.69 Å². The molecule has 3 amide bonds. The van der Waals surface area contributed by atoms with E-state index in [-0.39, 0.29) is 5.69 Å². The lowest BCUT2D eigenvalue weighted by Gasteiger charge is -2.12. The lowest BCUT2D eigenvalue weighted by molar-refractivity contribution is -0.136. The molecular weight excluding hydrogens is 322 g/mol. The summed E-state index contributed by atoms with van der Waals surface area (Å²) in [6.45, 7) is 0.511. The summed E-state index contributed by atoms with van der Waals surface area (Å²) in [6, 6.07) is 6.61. The van der Waals surface area contributed by atoms with Gasteiger partial charge in [0.15, 0.2) is 0 Å². The molecule has 128 valence electrons. The molecule has 0 atom stereocenters. The fourth-order valence-corrected chi connectivity index (χ4v) is 2.12. The van der Waals surface area contributed by atoms with Crippen molar-refractivity contribution in [3.8, 4) is 0 Å². The molecule has 0 bridgehead atoms. The second-order valence-corrected chi connectivity index (χ2v) is 5.70. The van der Waals surface area contributed by atoms with E-state index in [1.807, 2.05) is 0 Å². The number of nitrogens with zero attached hydrogens (tertiary/aromatic N) is 2. The van der Waals surface area contributed by atoms with Crippen molar-refractivity contribution in [2.24, 2.45) is 5.92 Å². The number of anilines is 2. The van der Waals surface area contributed by atoms with E-state index in [1.54, 1.807) is 24.3 Å². The van der Waals surface area contributed by atoms with E-state index in [0.717, 1.165) is 12.8 Å². The Morgan fingerprint density at radius 3 is 2.36 bits per heavy atom. The van der Waals surface area contributed by atoms with Crippen LogP contribution in [0.4, 0.5) is 11.4 Å². The SMILES string of the molecule is O=C(NCC1CC1)C(=O)Nc1ccccc1NC(=O)c1cnccn1. The molecule has 3 rings (SSSR count). The summed E-state index contributed by atoms with van der Waals surface area (Å²) >= 11 is 0. The standard InChI is InChI=1S/C17H17N5O3/c23-15(14-10-18-7-8-19-14)21-12-3-1-2-4-13(12)22-17(25)16(24)20-9-11-5-6-11/h1-4,7-8,10-11H,5-6,9H2,(H,20,24)(H,21,23)(H,22,25). The van der Waals surface area contributed by atoms with Crippen molar-refractivity contribution in [2.45, 2.75) is 12.8 Å². The molecule has 1 heterocycles. The molecule has 0 aliphatic heterocycles. The summed E-state index contributed by atoms with van der Waals surface area (Å²) in [7, 11) is 0. The van der Waals surface area contributed by atoms with Crippen molar-refractivity contribution in [3.05, 3.63) is 48.5 Å². The van der Waals surface area contributed by atoms with Gasteiger partial charge in [0.25, 0.3) is 5.91 Å². The maximum absolute atomic E-state index is 12.2. The van der Waals surface area contributed by atoms with Crippen LogP contribution in [0, 0.1) is 5.92 Å². The van der Waals surface area contributed by atoms with Gasteiger partial charge in [-0.15, -0.1) is 0 Å². The number of hydrogen-bond acceptors (Lipinski definition) is 5. The number of carbonyl (C=O) groups is 3. The molecule has 25 heavy (non-hydrogen) atoms. The Balaban J connectivity index is 1.64. The monoisotopic (exact) mass is 339 g/mol. The second kappa shape index (κ2) is 7.52. The number of para-hydroxylation sites is 2. The number of carbonyl (C=O) groups excluding carboxylic acids is 3. The topological polar surface area (TPSA) is 113 Å². The normalized spacial score (nSPS) is 13.0. The average Bonchev–Trinajstić information content (AvgIpc) is 3.46. The van der Waals surface area contributed by atoms with Crippen LogP contribution in [-0.2, 0) is 9.59 Å². The van der Waals surface area contributed by atoms with Gasteiger partial charge >= 0.3 is 11.8 Å². The Hall–Kier alpha value is -3.29. The van der Waals surface area contributed by atoms with Crippen LogP contribution < -0.4 is 16.0 Å². The summed E-state index contributed by atoms with van der Waals surface area (Å²) in [4.78, 5) is 43.7. The first-order chi connectivity index (χ1) is 12.1. The minimum Gasteiger partial charge on any atom is -0.348 e. The lowest BCUT2D eigenvalue weighted by atomic mass is 10.2. The van der Waals surface area contributed by atoms with Gasteiger partial charge in [-0.25, -0.2) is 4.98 Å². The zero-order chi connectivity index (χ0) is 17.6. The molecule has 8 heteroatoms. The Bertz CT molecular complexity index is 790. The molecule has 0 saturated heterocycles. The fourth-order valence-electron chi connectivity index (χ4n) is 2.12. The Morgan fingerprint density at radius 1 is 1.00 bits per heavy atom. The van der Waals surface area contributed by atoms with Gasteiger partial charge in [-0.1, -0.05) is 12.1 Å². The van der Waals surface area contributed by atoms with E-state index >= 15 is 0 Å². The van der Waals surface area contributed by atoms with E-state index in [0.29, 0.717) is 23.8 Å². The van der Waals surface area contributed by atoms with Gasteiger partial charge in [-0.3, -0.25) is 19.4 Å². The third-order valence-corrected chi connectivity index (χ3v) is 3.67. The number of benzene rings is 1. The largest absolute Gasteiger partial charge is 0.348 e. The Labute approximate surface area is 144 Å². The van der Waals surface area contributed by atoms with E-state index in [1.165, 1.54) is 18.6 Å². The minimum absolute atomic E-state index is 0.144. The highest BCUT2D eigenvalue weighted by atomic mass is 16.2. The van der Waals surface area contributed by atoms with Gasteiger partial charge in [0.05, 0.1) is 17.6 Å². The van der Waals surface area contributed by atoms with Gasteiger partial charge in [-0.2, -0.15) is 0 Å². The molecule has 0 unspecified atom stereocenters. The molecule has 1 aliphatic rings. The first kappa shape index (κ1) is 16.6. The number of aromatic nitrogens is 2. The van der Waals surface area contributed by atoms with Crippen molar-refractivity contribution in [3.63, 3.8) is 0 Å². The van der Waals surface area contributed by atoms with Crippen LogP contribution in [0.3, 0.4) is 0 Å². The fraction of sp³-hybridized carbons (Fsp3) is 0.235. The van der Waals surface area contributed by atoms with E-state index in [4.69, 9.17) is 0 Å². The predicted molar refractivity (Wildman–Crippen MR) is 90.8 cm³/mol. The maximum Gasteiger partial charge on any atom is 0.313 e. The zero-order valence-corrected chi connectivity index (χ0v) is 13.4. The third kappa shape index (κ3) is 4.60. The van der Waals surface area contributed by atoms with Crippen LogP contribution >= 0.6 is 0 Å². The van der Waals surface area contributed by atoms with Crippen molar-refractivity contribution in [2.75, 3.05) is 17.2 Å². The molecule has 1 fully saturated rings. The van der Waals surface area contributed by atoms with Crippen LogP contribution in [0.1, 0.15) is 23.3 Å². The Kier molecular flexibility index (Phi) is 4.98. The highest BCUT2D eigenvalue weighted by molar-refractivity contribution is 6.40. The summed E-state index contributed by atoms with van der Waals surface area (Å²) in [5.41, 5.74) is 0.832. The maximum atomic E-state index is 12.2. The molecule has 1 aliphatic carbocycles. The van der Waals surface area contributed by atoms with Crippen molar-refractivity contribution < 1.29 is 14.4 Å². The highest BCUT2D eigenvalue weighted by Gasteiger charge is 2.23. The predicted octanol–water partition coefficient (Wildman–Crippen LogP) is 1.19. The molecule has 0 spiro atoms. The van der Waals surface area contributed by atoms with Crippen LogP contribution in [0.5, 0.6) is 0 Å². The molecule has 1 aromatic heterocycles. The van der Waals surface area contributed by atoms with Gasteiger partial charge in [0, 0.05) is 18.9 Å². The molecule has 3 N–H and O–H groups in total. The van der Waals surface area contributed by atoms with Gasteiger partial charge < -0.3 is 16.0 Å². The van der Waals surface area contributed by atoms with Crippen LogP contribution in [0.2, 0.25) is 0 Å². The summed E-state index contributed by atoms with van der Waals surface area (Å²) in [5, 5.41) is 7.75. The van der Waals surface area contributed by atoms with Crippen LogP contribution in [0.15, 0.2) is 42.9 Å². The number of amides is 3. The number of nitrogens with one attached hydrogen (secondary N) is 3. The average molecular weight is 339 g/mol. The van der Waals surface area contributed by atoms with Crippen molar-refractivity contribution in [1.82, 2.24) is 15.3 Å². The highest BCUT2D eigenvalue weighted by Crippen LogP contribution is 2.27. The molecule has 1 saturated carbocycles. The van der Waals surface area contributed by atoms with E-state index < -0.39 is 17.7 Å². The van der Waals surface area contributed by atoms with Crippen LogP contribution in [0.25, 0.3) is 0 Å². The van der Waals surface area contributed by atoms with Crippen LogP contribution in [-0.4, -0.2) is 34.2 Å². The molecule has 1 aromatic carbocycles. The number of rotatable bonds is 5. The lowest BCUT2D eigenvalue weighted by Crippen LogP contribution is -2.36. The molecule has 0 radical (unpaired) electrons. The van der Waals surface area contributed by atoms with E-state index in [9.17, 15) is 14.4 Å². The quantitative estimate of drug-likeness (QED) is 0.708. The van der Waals surface area contributed by atoms with Crippen molar-refractivity contribution in [1.29, 1.82) is 0 Å². The molecule has 8 nitrogen and oxygen atoms in total. The number of hydrogen-bond donors (Lipinski definition) is 3. The zero-order valence-electron chi connectivity index (χ0n) is 13.4. The summed E-state index contributed by atoms with van der Waals surface area (Å²) in [6.07, 6.45) is 6.37. The summed E-state index contributed by atoms with van der Waals surface area (Å²) < 4.78 is 0. The third-order valence-electron chi connectivity index (χ3n) is 3.67. The first-order valence-corrected chi connectivity index (χ1v) is 7.89. The van der Waals surface area contributed by atoms with E-state index in [2.05, 4.69) is 25.9 Å². The first-order valence-electron chi connectivity index (χ1n) is 7.89. The molecule has 2 aromatic rings. The molecular formula is C17H17N5O3. The van der Waals surface area contributed by atoms with Crippen molar-refractivity contribution >= 4 is 29.1 Å². The minimum atomic E-state index is -0.776. The smallest absolute Gasteiger partial charge is 0.313 e. The van der Waals surface area contributed by atoms with Gasteiger partial charge in [-0.05, 0) is 30.9 Å². The Morgan fingerprint density at radius 2 is 1.72 bits per heavy atom. The second-order valence-electron chi connectivity index (χ2n) is 5.70. The summed E-state index contributed by atoms with van der Waals surface area (Å²) in [5.74, 6) is -1.45.